The van der Waals surface area contributed by atoms with Crippen LogP contribution in [-0.4, -0.2) is 8.42 Å². The molecule has 0 radical (unpaired) electrons. The normalized spacial score (nSPS) is 18.9. The minimum Gasteiger partial charge on any atom is -0.326 e. The summed E-state index contributed by atoms with van der Waals surface area (Å²) in [5.74, 6) is 0. The first-order chi connectivity index (χ1) is 9.60. The molecule has 0 fully saturated rings. The van der Waals surface area contributed by atoms with Gasteiger partial charge in [-0.05, 0) is 42.3 Å². The molecule has 0 amide bonds. The molecule has 1 aliphatic carbocycles. The third-order valence-corrected chi connectivity index (χ3v) is 7.05. The average Bonchev–Trinajstić information content (AvgIpc) is 3.08. The van der Waals surface area contributed by atoms with Crippen LogP contribution in [-0.2, 0) is 23.0 Å². The maximum Gasteiger partial charge on any atom is 0.241 e. The van der Waals surface area contributed by atoms with E-state index in [2.05, 4.69) is 4.72 Å². The molecular weight excluding hydrogens is 312 g/mol. The number of hydrogen-bond donors (Lipinski definition) is 2. The van der Waals surface area contributed by atoms with Crippen LogP contribution in [0.3, 0.4) is 0 Å². The van der Waals surface area contributed by atoms with Crippen LogP contribution in [0.25, 0.3) is 0 Å². The number of fused-ring (bicyclic) bond motifs is 1. The highest BCUT2D eigenvalue weighted by molar-refractivity contribution is 7.89. The molecule has 0 saturated heterocycles. The Bertz CT molecular complexity index is 703. The summed E-state index contributed by atoms with van der Waals surface area (Å²) < 4.78 is 27.7. The monoisotopic (exact) mass is 328 g/mol. The summed E-state index contributed by atoms with van der Waals surface area (Å²) in [4.78, 5) is 2.51. The fourth-order valence-corrected chi connectivity index (χ4v) is 5.87. The Morgan fingerprint density at radius 1 is 1.40 bits per heavy atom. The third-order valence-electron chi connectivity index (χ3n) is 3.49. The highest BCUT2D eigenvalue weighted by Gasteiger charge is 2.26. The van der Waals surface area contributed by atoms with Crippen LogP contribution >= 0.6 is 22.7 Å². The lowest BCUT2D eigenvalue weighted by atomic mass is 9.95. The second kappa shape index (κ2) is 5.57. The van der Waals surface area contributed by atoms with Gasteiger partial charge in [0, 0.05) is 27.7 Å². The average molecular weight is 328 g/mol. The SMILES string of the molecule is NCc1cc(S(=O)(=O)NC2CCCc3sccc32)cs1. The summed E-state index contributed by atoms with van der Waals surface area (Å²) in [6.45, 7) is 0.373. The van der Waals surface area contributed by atoms with Crippen molar-refractivity contribution in [1.82, 2.24) is 4.72 Å². The molecule has 2 aromatic heterocycles. The number of sulfonamides is 1. The zero-order valence-corrected chi connectivity index (χ0v) is 13.3. The number of nitrogens with two attached hydrogens (primary N) is 1. The van der Waals surface area contributed by atoms with Gasteiger partial charge in [-0.25, -0.2) is 13.1 Å². The standard InChI is InChI=1S/C13H16N2O2S3/c14-7-9-6-10(8-19-9)20(16,17)15-12-2-1-3-13-11(12)4-5-18-13/h4-6,8,12,15H,1-3,7,14H2. The van der Waals surface area contributed by atoms with Crippen molar-refractivity contribution >= 4 is 32.7 Å². The molecule has 20 heavy (non-hydrogen) atoms. The Hall–Kier alpha value is -0.730. The van der Waals surface area contributed by atoms with Crippen molar-refractivity contribution in [2.24, 2.45) is 5.73 Å². The van der Waals surface area contributed by atoms with E-state index in [9.17, 15) is 8.42 Å². The van der Waals surface area contributed by atoms with Gasteiger partial charge in [0.25, 0.3) is 0 Å². The zero-order valence-electron chi connectivity index (χ0n) is 10.8. The molecule has 4 nitrogen and oxygen atoms in total. The first-order valence-electron chi connectivity index (χ1n) is 6.46. The number of aryl methyl sites for hydroxylation is 1. The molecule has 7 heteroatoms. The van der Waals surface area contributed by atoms with Crippen LogP contribution in [0.1, 0.15) is 34.2 Å². The van der Waals surface area contributed by atoms with Crippen LogP contribution in [0, 0.1) is 0 Å². The molecule has 2 heterocycles. The van der Waals surface area contributed by atoms with Gasteiger partial charge in [0.05, 0.1) is 4.90 Å². The van der Waals surface area contributed by atoms with Crippen LogP contribution in [0.2, 0.25) is 0 Å². The van der Waals surface area contributed by atoms with E-state index in [1.54, 1.807) is 22.8 Å². The predicted octanol–water partition coefficient (Wildman–Crippen LogP) is 2.62. The summed E-state index contributed by atoms with van der Waals surface area (Å²) in [6, 6.07) is 3.59. The van der Waals surface area contributed by atoms with Crippen LogP contribution in [0.4, 0.5) is 0 Å². The van der Waals surface area contributed by atoms with E-state index >= 15 is 0 Å². The number of hydrogen-bond acceptors (Lipinski definition) is 5. The lowest BCUT2D eigenvalue weighted by Crippen LogP contribution is -2.30. The van der Waals surface area contributed by atoms with E-state index in [0.29, 0.717) is 11.4 Å². The topological polar surface area (TPSA) is 72.2 Å². The fraction of sp³-hybridized carbons (Fsp3) is 0.385. The van der Waals surface area contributed by atoms with Crippen molar-refractivity contribution in [1.29, 1.82) is 0 Å². The molecular formula is C13H16N2O2S3. The Morgan fingerprint density at radius 3 is 3.00 bits per heavy atom. The second-order valence-electron chi connectivity index (χ2n) is 4.82. The van der Waals surface area contributed by atoms with Crippen molar-refractivity contribution in [2.45, 2.75) is 36.7 Å². The van der Waals surface area contributed by atoms with Gasteiger partial charge in [-0.15, -0.1) is 22.7 Å². The van der Waals surface area contributed by atoms with Crippen molar-refractivity contribution in [2.75, 3.05) is 0 Å². The lowest BCUT2D eigenvalue weighted by Gasteiger charge is -2.23. The molecule has 3 rings (SSSR count). The number of thiophene rings is 2. The smallest absolute Gasteiger partial charge is 0.241 e. The van der Waals surface area contributed by atoms with Crippen LogP contribution in [0.5, 0.6) is 0 Å². The number of rotatable bonds is 4. The minimum atomic E-state index is -3.46. The van der Waals surface area contributed by atoms with Crippen molar-refractivity contribution < 1.29 is 8.42 Å². The van der Waals surface area contributed by atoms with Crippen molar-refractivity contribution in [3.8, 4) is 0 Å². The quantitative estimate of drug-likeness (QED) is 0.906. The Kier molecular flexibility index (Phi) is 3.96. The first kappa shape index (κ1) is 14.2. The summed E-state index contributed by atoms with van der Waals surface area (Å²) in [5.41, 5.74) is 6.67. The predicted molar refractivity (Wildman–Crippen MR) is 82.5 cm³/mol. The highest BCUT2D eigenvalue weighted by Crippen LogP contribution is 2.34. The van der Waals surface area contributed by atoms with E-state index in [-0.39, 0.29) is 6.04 Å². The van der Waals surface area contributed by atoms with Crippen molar-refractivity contribution in [3.05, 3.63) is 38.2 Å². The summed E-state index contributed by atoms with van der Waals surface area (Å²) in [6.07, 6.45) is 2.94. The Morgan fingerprint density at radius 2 is 2.25 bits per heavy atom. The fourth-order valence-electron chi connectivity index (χ4n) is 2.47. The molecule has 0 saturated carbocycles. The summed E-state index contributed by atoms with van der Waals surface area (Å²) >= 11 is 3.09. The highest BCUT2D eigenvalue weighted by atomic mass is 32.2. The Labute approximate surface area is 126 Å². The largest absolute Gasteiger partial charge is 0.326 e. The summed E-state index contributed by atoms with van der Waals surface area (Å²) in [7, 11) is -3.46. The van der Waals surface area contributed by atoms with Gasteiger partial charge < -0.3 is 5.73 Å². The van der Waals surface area contributed by atoms with Gasteiger partial charge in [-0.2, -0.15) is 0 Å². The van der Waals surface area contributed by atoms with E-state index in [1.807, 2.05) is 11.4 Å². The van der Waals surface area contributed by atoms with E-state index in [0.717, 1.165) is 29.7 Å². The molecule has 3 N–H and O–H groups in total. The molecule has 2 aromatic rings. The van der Waals surface area contributed by atoms with E-state index in [1.165, 1.54) is 16.2 Å². The zero-order chi connectivity index (χ0) is 14.2. The van der Waals surface area contributed by atoms with E-state index < -0.39 is 10.0 Å². The molecule has 108 valence electrons. The van der Waals surface area contributed by atoms with Gasteiger partial charge in [-0.1, -0.05) is 0 Å². The Balaban J connectivity index is 1.84. The van der Waals surface area contributed by atoms with Gasteiger partial charge in [0.2, 0.25) is 10.0 Å². The van der Waals surface area contributed by atoms with Gasteiger partial charge in [0.15, 0.2) is 0 Å². The maximum atomic E-state index is 12.4. The molecule has 1 aliphatic rings. The van der Waals surface area contributed by atoms with E-state index in [4.69, 9.17) is 5.73 Å². The van der Waals surface area contributed by atoms with Crippen molar-refractivity contribution in [3.63, 3.8) is 0 Å². The van der Waals surface area contributed by atoms with Crippen LogP contribution < -0.4 is 10.5 Å². The molecule has 1 atom stereocenters. The lowest BCUT2D eigenvalue weighted by molar-refractivity contribution is 0.511. The van der Waals surface area contributed by atoms with Gasteiger partial charge >= 0.3 is 0 Å². The third kappa shape index (κ3) is 2.68. The van der Waals surface area contributed by atoms with Gasteiger partial charge in [-0.3, -0.25) is 0 Å². The maximum absolute atomic E-state index is 12.4. The number of nitrogens with one attached hydrogen (secondary N) is 1. The molecule has 0 aliphatic heterocycles. The van der Waals surface area contributed by atoms with Crippen LogP contribution in [0.15, 0.2) is 27.8 Å². The molecule has 0 bridgehead atoms. The summed E-state index contributed by atoms with van der Waals surface area (Å²) in [5, 5.41) is 3.69. The second-order valence-corrected chi connectivity index (χ2v) is 8.53. The molecule has 1 unspecified atom stereocenters. The molecule has 0 aromatic carbocycles. The molecule has 0 spiro atoms. The first-order valence-corrected chi connectivity index (χ1v) is 9.70. The minimum absolute atomic E-state index is 0.101. The van der Waals surface area contributed by atoms with Gasteiger partial charge in [0.1, 0.15) is 0 Å².